The van der Waals surface area contributed by atoms with Crippen molar-refractivity contribution in [1.82, 2.24) is 15.5 Å². The van der Waals surface area contributed by atoms with Gasteiger partial charge in [0, 0.05) is 38.6 Å². The van der Waals surface area contributed by atoms with Crippen LogP contribution in [0.4, 0.5) is 0 Å². The van der Waals surface area contributed by atoms with Crippen molar-refractivity contribution >= 4 is 15.8 Å². The van der Waals surface area contributed by atoms with Gasteiger partial charge in [-0.05, 0) is 12.5 Å². The molecule has 3 N–H and O–H groups in total. The molecule has 0 saturated carbocycles. The molecule has 0 bridgehead atoms. The van der Waals surface area contributed by atoms with E-state index in [1.807, 2.05) is 37.3 Å². The lowest BCUT2D eigenvalue weighted by molar-refractivity contribution is 0.268. The van der Waals surface area contributed by atoms with Gasteiger partial charge < -0.3 is 15.7 Å². The molecule has 1 saturated heterocycles. The summed E-state index contributed by atoms with van der Waals surface area (Å²) in [7, 11) is -2.83. The Morgan fingerprint density at radius 1 is 1.23 bits per heavy atom. The zero-order chi connectivity index (χ0) is 18.8. The van der Waals surface area contributed by atoms with Crippen molar-refractivity contribution in [2.45, 2.75) is 12.8 Å². The molecule has 1 heterocycles. The lowest BCUT2D eigenvalue weighted by atomic mass is 10.0. The second-order valence-electron chi connectivity index (χ2n) is 6.43. The summed E-state index contributed by atoms with van der Waals surface area (Å²) in [6, 6.07) is 9.88. The topological polar surface area (TPSA) is 94.0 Å². The molecule has 0 spiro atoms. The van der Waals surface area contributed by atoms with Gasteiger partial charge in [-0.2, -0.15) is 0 Å². The maximum atomic E-state index is 11.5. The highest BCUT2D eigenvalue weighted by molar-refractivity contribution is 7.91. The number of sulfone groups is 1. The summed E-state index contributed by atoms with van der Waals surface area (Å²) in [5.41, 5.74) is 1.07. The van der Waals surface area contributed by atoms with Gasteiger partial charge in [-0.25, -0.2) is 8.42 Å². The number of rotatable bonds is 8. The van der Waals surface area contributed by atoms with Crippen LogP contribution in [-0.4, -0.2) is 81.8 Å². The van der Waals surface area contributed by atoms with E-state index in [4.69, 9.17) is 0 Å². The number of benzene rings is 1. The number of nitrogens with one attached hydrogen (secondary N) is 2. The Morgan fingerprint density at radius 3 is 2.54 bits per heavy atom. The molecule has 7 nitrogen and oxygen atoms in total. The van der Waals surface area contributed by atoms with Gasteiger partial charge in [-0.3, -0.25) is 9.89 Å². The second-order valence-corrected chi connectivity index (χ2v) is 8.73. The third-order valence-corrected chi connectivity index (χ3v) is 6.07. The van der Waals surface area contributed by atoms with Crippen LogP contribution in [0.5, 0.6) is 0 Å². The van der Waals surface area contributed by atoms with Crippen molar-refractivity contribution < 1.29 is 13.5 Å². The highest BCUT2D eigenvalue weighted by Gasteiger charge is 2.21. The zero-order valence-electron chi connectivity index (χ0n) is 15.4. The van der Waals surface area contributed by atoms with Crippen molar-refractivity contribution in [2.75, 3.05) is 57.4 Å². The summed E-state index contributed by atoms with van der Waals surface area (Å²) >= 11 is 0. The molecule has 1 atom stereocenters. The minimum Gasteiger partial charge on any atom is -0.396 e. The fraction of sp³-hybridized carbons (Fsp3) is 0.611. The molecule has 26 heavy (non-hydrogen) atoms. The highest BCUT2D eigenvalue weighted by Crippen LogP contribution is 2.14. The van der Waals surface area contributed by atoms with Crippen LogP contribution in [0, 0.1) is 0 Å². The van der Waals surface area contributed by atoms with E-state index in [0.717, 1.165) is 18.7 Å². The molecule has 0 amide bonds. The normalized spacial score (nSPS) is 19.1. The molecule has 0 aromatic heterocycles. The van der Waals surface area contributed by atoms with E-state index in [-0.39, 0.29) is 24.0 Å². The van der Waals surface area contributed by atoms with Crippen LogP contribution in [0.3, 0.4) is 0 Å². The quantitative estimate of drug-likeness (QED) is 0.434. The van der Waals surface area contributed by atoms with Crippen molar-refractivity contribution in [2.24, 2.45) is 4.99 Å². The van der Waals surface area contributed by atoms with E-state index >= 15 is 0 Å². The van der Waals surface area contributed by atoms with E-state index in [0.29, 0.717) is 32.1 Å². The molecule has 1 aromatic carbocycles. The predicted molar refractivity (Wildman–Crippen MR) is 105 cm³/mol. The molecule has 0 radical (unpaired) electrons. The Balaban J connectivity index is 1.82. The predicted octanol–water partition coefficient (Wildman–Crippen LogP) is 0.0480. The summed E-state index contributed by atoms with van der Waals surface area (Å²) in [6.45, 7) is 5.98. The maximum absolute atomic E-state index is 11.5. The van der Waals surface area contributed by atoms with Gasteiger partial charge in [0.05, 0.1) is 24.7 Å². The zero-order valence-corrected chi connectivity index (χ0v) is 16.2. The van der Waals surface area contributed by atoms with Gasteiger partial charge in [0.2, 0.25) is 0 Å². The molecule has 1 fully saturated rings. The Labute approximate surface area is 156 Å². The van der Waals surface area contributed by atoms with Crippen LogP contribution in [0.25, 0.3) is 0 Å². The van der Waals surface area contributed by atoms with Crippen LogP contribution in [0.2, 0.25) is 0 Å². The summed E-state index contributed by atoms with van der Waals surface area (Å²) < 4.78 is 22.9. The molecule has 1 aliphatic heterocycles. The summed E-state index contributed by atoms with van der Waals surface area (Å²) in [5.74, 6) is 1.18. The smallest absolute Gasteiger partial charge is 0.191 e. The van der Waals surface area contributed by atoms with Crippen LogP contribution in [0.1, 0.15) is 18.4 Å². The average Bonchev–Trinajstić information content (AvgIpc) is 2.64. The molecule has 1 aromatic rings. The van der Waals surface area contributed by atoms with E-state index in [2.05, 4.69) is 20.5 Å². The average molecular weight is 383 g/mol. The first kappa shape index (κ1) is 20.7. The molecular weight excluding hydrogens is 352 g/mol. The van der Waals surface area contributed by atoms with Crippen molar-refractivity contribution in [3.8, 4) is 0 Å². The number of aliphatic hydroxyl groups is 1. The molecule has 2 rings (SSSR count). The van der Waals surface area contributed by atoms with Gasteiger partial charge in [0.25, 0.3) is 0 Å². The van der Waals surface area contributed by atoms with Gasteiger partial charge in [0.15, 0.2) is 15.8 Å². The monoisotopic (exact) mass is 382 g/mol. The number of aliphatic hydroxyl groups excluding tert-OH is 1. The molecule has 0 aliphatic carbocycles. The Kier molecular flexibility index (Phi) is 8.34. The molecular formula is C18H30N4O3S. The first-order valence-corrected chi connectivity index (χ1v) is 11.0. The van der Waals surface area contributed by atoms with Crippen LogP contribution in [-0.2, 0) is 9.84 Å². The van der Waals surface area contributed by atoms with E-state index in [1.54, 1.807) is 0 Å². The van der Waals surface area contributed by atoms with Crippen molar-refractivity contribution in [1.29, 1.82) is 0 Å². The van der Waals surface area contributed by atoms with Crippen molar-refractivity contribution in [3.63, 3.8) is 0 Å². The SMILES string of the molecule is CCNC(=NCC(CO)c1ccccc1)NCCN1CCS(=O)(=O)CC1. The molecule has 146 valence electrons. The van der Waals surface area contributed by atoms with E-state index < -0.39 is 9.84 Å². The lowest BCUT2D eigenvalue weighted by Gasteiger charge is -2.26. The van der Waals surface area contributed by atoms with Crippen LogP contribution < -0.4 is 10.6 Å². The van der Waals surface area contributed by atoms with Crippen molar-refractivity contribution in [3.05, 3.63) is 35.9 Å². The molecule has 1 unspecified atom stereocenters. The third kappa shape index (κ3) is 6.93. The standard InChI is InChI=1S/C18H30N4O3S/c1-2-19-18(20-8-9-22-10-12-26(24,25)13-11-22)21-14-17(15-23)16-6-4-3-5-7-16/h3-7,17,23H,2,8-15H2,1H3,(H2,19,20,21). The largest absolute Gasteiger partial charge is 0.396 e. The number of hydrogen-bond acceptors (Lipinski definition) is 5. The molecule has 1 aliphatic rings. The number of hydrogen-bond donors (Lipinski definition) is 3. The lowest BCUT2D eigenvalue weighted by Crippen LogP contribution is -2.46. The minimum atomic E-state index is -2.83. The number of nitrogens with zero attached hydrogens (tertiary/aromatic N) is 2. The Morgan fingerprint density at radius 2 is 1.92 bits per heavy atom. The molecule has 8 heteroatoms. The van der Waals surface area contributed by atoms with E-state index in [1.165, 1.54) is 0 Å². The first-order chi connectivity index (χ1) is 12.5. The van der Waals surface area contributed by atoms with Gasteiger partial charge >= 0.3 is 0 Å². The summed E-state index contributed by atoms with van der Waals surface area (Å²) in [6.07, 6.45) is 0. The van der Waals surface area contributed by atoms with Crippen LogP contribution >= 0.6 is 0 Å². The highest BCUT2D eigenvalue weighted by atomic mass is 32.2. The van der Waals surface area contributed by atoms with Gasteiger partial charge in [0.1, 0.15) is 0 Å². The van der Waals surface area contributed by atoms with Gasteiger partial charge in [-0.1, -0.05) is 30.3 Å². The number of aliphatic imine (C=N–C) groups is 1. The third-order valence-electron chi connectivity index (χ3n) is 4.46. The van der Waals surface area contributed by atoms with Gasteiger partial charge in [-0.15, -0.1) is 0 Å². The number of guanidine groups is 1. The van der Waals surface area contributed by atoms with Crippen LogP contribution in [0.15, 0.2) is 35.3 Å². The summed E-state index contributed by atoms with van der Waals surface area (Å²) in [4.78, 5) is 6.74. The Hall–Kier alpha value is -1.64. The minimum absolute atomic E-state index is 0.0287. The first-order valence-electron chi connectivity index (χ1n) is 9.15. The fourth-order valence-corrected chi connectivity index (χ4v) is 4.12. The summed E-state index contributed by atoms with van der Waals surface area (Å²) in [5, 5.41) is 16.1. The fourth-order valence-electron chi connectivity index (χ4n) is 2.84. The second kappa shape index (κ2) is 10.5. The van der Waals surface area contributed by atoms with E-state index in [9.17, 15) is 13.5 Å². The Bertz CT molecular complexity index is 650. The maximum Gasteiger partial charge on any atom is 0.191 e.